The normalized spacial score (nSPS) is 16.5. The molecule has 0 radical (unpaired) electrons. The molecule has 15 heavy (non-hydrogen) atoms. The first kappa shape index (κ1) is 10.2. The number of aromatic nitrogens is 2. The molecule has 0 amide bonds. The lowest BCUT2D eigenvalue weighted by molar-refractivity contribution is 0.573. The van der Waals surface area contributed by atoms with Crippen LogP contribution in [-0.4, -0.2) is 23.1 Å². The van der Waals surface area contributed by atoms with Crippen molar-refractivity contribution in [2.45, 2.75) is 26.2 Å². The van der Waals surface area contributed by atoms with Crippen molar-refractivity contribution in [1.82, 2.24) is 9.97 Å². The molecule has 0 aromatic carbocycles. The first-order valence-electron chi connectivity index (χ1n) is 5.37. The van der Waals surface area contributed by atoms with Crippen molar-refractivity contribution in [1.29, 1.82) is 0 Å². The zero-order chi connectivity index (χ0) is 10.7. The van der Waals surface area contributed by atoms with E-state index in [1.165, 1.54) is 19.3 Å². The molecule has 2 heterocycles. The number of nitrogens with one attached hydrogen (secondary N) is 1. The number of hydrogen-bond acceptors (Lipinski definition) is 5. The molecule has 5 nitrogen and oxygen atoms in total. The van der Waals surface area contributed by atoms with E-state index in [0.717, 1.165) is 24.6 Å². The van der Waals surface area contributed by atoms with Crippen molar-refractivity contribution < 1.29 is 0 Å². The number of nitrogen functional groups attached to an aromatic ring is 1. The van der Waals surface area contributed by atoms with Gasteiger partial charge in [0.05, 0.1) is 0 Å². The van der Waals surface area contributed by atoms with Gasteiger partial charge in [0.1, 0.15) is 5.82 Å². The third-order valence-corrected chi connectivity index (χ3v) is 2.65. The molecule has 2 rings (SSSR count). The van der Waals surface area contributed by atoms with E-state index in [1.54, 1.807) is 0 Å². The number of anilines is 2. The van der Waals surface area contributed by atoms with Crippen LogP contribution in [0.5, 0.6) is 0 Å². The molecule has 0 saturated carbocycles. The Bertz CT molecular complexity index is 333. The van der Waals surface area contributed by atoms with Gasteiger partial charge in [0.25, 0.3) is 0 Å². The maximum Gasteiger partial charge on any atom is 0.239 e. The average molecular weight is 207 g/mol. The van der Waals surface area contributed by atoms with E-state index < -0.39 is 0 Å². The van der Waals surface area contributed by atoms with Crippen LogP contribution >= 0.6 is 0 Å². The molecule has 0 spiro atoms. The van der Waals surface area contributed by atoms with Crippen molar-refractivity contribution in [3.05, 3.63) is 11.8 Å². The van der Waals surface area contributed by atoms with Crippen LogP contribution in [0.1, 0.15) is 25.0 Å². The summed E-state index contributed by atoms with van der Waals surface area (Å²) in [7, 11) is 0. The largest absolute Gasteiger partial charge is 0.356 e. The first-order valence-corrected chi connectivity index (χ1v) is 5.37. The molecule has 82 valence electrons. The van der Waals surface area contributed by atoms with E-state index in [-0.39, 0.29) is 0 Å². The summed E-state index contributed by atoms with van der Waals surface area (Å²) >= 11 is 0. The number of piperidine rings is 1. The molecule has 1 aliphatic rings. The van der Waals surface area contributed by atoms with Gasteiger partial charge in [-0.05, 0) is 26.2 Å². The van der Waals surface area contributed by atoms with E-state index in [2.05, 4.69) is 20.3 Å². The van der Waals surface area contributed by atoms with Crippen molar-refractivity contribution in [2.24, 2.45) is 5.84 Å². The minimum atomic E-state index is 0.496. The molecule has 0 atom stereocenters. The van der Waals surface area contributed by atoms with Gasteiger partial charge in [-0.15, -0.1) is 0 Å². The van der Waals surface area contributed by atoms with Crippen LogP contribution in [0.25, 0.3) is 0 Å². The van der Waals surface area contributed by atoms with Gasteiger partial charge in [0, 0.05) is 24.8 Å². The van der Waals surface area contributed by atoms with E-state index in [9.17, 15) is 0 Å². The summed E-state index contributed by atoms with van der Waals surface area (Å²) in [5, 5.41) is 0. The van der Waals surface area contributed by atoms with E-state index >= 15 is 0 Å². The number of nitrogens with two attached hydrogens (primary N) is 1. The molecule has 0 aliphatic carbocycles. The van der Waals surface area contributed by atoms with Crippen molar-refractivity contribution in [2.75, 3.05) is 23.4 Å². The standard InChI is InChI=1S/C10H17N5/c1-8-7-9(13-10(12-8)14-11)15-5-3-2-4-6-15/h7H,2-6,11H2,1H3,(H,12,13,14). The molecule has 0 bridgehead atoms. The van der Waals surface area contributed by atoms with Gasteiger partial charge in [-0.3, -0.25) is 5.43 Å². The second kappa shape index (κ2) is 4.44. The Balaban J connectivity index is 2.22. The summed E-state index contributed by atoms with van der Waals surface area (Å²) < 4.78 is 0. The molecule has 0 unspecified atom stereocenters. The summed E-state index contributed by atoms with van der Waals surface area (Å²) in [5.74, 6) is 6.80. The van der Waals surface area contributed by atoms with Gasteiger partial charge in [0.15, 0.2) is 0 Å². The smallest absolute Gasteiger partial charge is 0.239 e. The molecule has 1 aliphatic heterocycles. The summed E-state index contributed by atoms with van der Waals surface area (Å²) in [6.45, 7) is 4.12. The summed E-state index contributed by atoms with van der Waals surface area (Å²) in [4.78, 5) is 10.8. The third-order valence-electron chi connectivity index (χ3n) is 2.65. The predicted octanol–water partition coefficient (Wildman–Crippen LogP) is 1.06. The van der Waals surface area contributed by atoms with Crippen LogP contribution < -0.4 is 16.2 Å². The highest BCUT2D eigenvalue weighted by atomic mass is 15.3. The van der Waals surface area contributed by atoms with Gasteiger partial charge in [-0.1, -0.05) is 0 Å². The molecular weight excluding hydrogens is 190 g/mol. The number of nitrogens with zero attached hydrogens (tertiary/aromatic N) is 3. The molecule has 1 saturated heterocycles. The lowest BCUT2D eigenvalue weighted by atomic mass is 10.1. The highest BCUT2D eigenvalue weighted by Crippen LogP contribution is 2.19. The van der Waals surface area contributed by atoms with Crippen LogP contribution in [0.3, 0.4) is 0 Å². The Kier molecular flexibility index (Phi) is 3.01. The molecule has 1 aromatic rings. The first-order chi connectivity index (χ1) is 7.29. The van der Waals surface area contributed by atoms with Gasteiger partial charge in [0.2, 0.25) is 5.95 Å². The maximum atomic E-state index is 5.32. The van der Waals surface area contributed by atoms with Crippen LogP contribution in [-0.2, 0) is 0 Å². The van der Waals surface area contributed by atoms with Crippen molar-refractivity contribution in [3.63, 3.8) is 0 Å². The molecule has 1 fully saturated rings. The lowest BCUT2D eigenvalue weighted by Gasteiger charge is -2.27. The van der Waals surface area contributed by atoms with Gasteiger partial charge in [-0.2, -0.15) is 4.98 Å². The molecule has 5 heteroatoms. The fraction of sp³-hybridized carbons (Fsp3) is 0.600. The van der Waals surface area contributed by atoms with Crippen LogP contribution in [0.15, 0.2) is 6.07 Å². The number of hydrogen-bond donors (Lipinski definition) is 2. The van der Waals surface area contributed by atoms with Crippen molar-refractivity contribution in [3.8, 4) is 0 Å². The third kappa shape index (κ3) is 2.36. The average Bonchev–Trinajstić information content (AvgIpc) is 2.29. The number of hydrazine groups is 1. The lowest BCUT2D eigenvalue weighted by Crippen LogP contribution is -2.30. The Hall–Kier alpha value is -1.36. The van der Waals surface area contributed by atoms with E-state index in [4.69, 9.17) is 5.84 Å². The summed E-state index contributed by atoms with van der Waals surface area (Å²) in [5.41, 5.74) is 3.44. The Labute approximate surface area is 89.7 Å². The number of aryl methyl sites for hydroxylation is 1. The quantitative estimate of drug-likeness (QED) is 0.560. The van der Waals surface area contributed by atoms with Gasteiger partial charge in [-0.25, -0.2) is 10.8 Å². The Morgan fingerprint density at radius 3 is 2.67 bits per heavy atom. The second-order valence-electron chi connectivity index (χ2n) is 3.88. The van der Waals surface area contributed by atoms with Gasteiger partial charge < -0.3 is 4.90 Å². The zero-order valence-electron chi connectivity index (χ0n) is 9.03. The van der Waals surface area contributed by atoms with Gasteiger partial charge >= 0.3 is 0 Å². The fourth-order valence-electron chi connectivity index (χ4n) is 1.90. The Morgan fingerprint density at radius 2 is 2.00 bits per heavy atom. The monoisotopic (exact) mass is 207 g/mol. The highest BCUT2D eigenvalue weighted by molar-refractivity contribution is 5.44. The SMILES string of the molecule is Cc1cc(N2CCCCC2)nc(NN)n1. The highest BCUT2D eigenvalue weighted by Gasteiger charge is 2.13. The molecule has 3 N–H and O–H groups in total. The van der Waals surface area contributed by atoms with Crippen molar-refractivity contribution >= 4 is 11.8 Å². The minimum absolute atomic E-state index is 0.496. The fourth-order valence-corrected chi connectivity index (χ4v) is 1.90. The van der Waals surface area contributed by atoms with Crippen LogP contribution in [0.2, 0.25) is 0 Å². The van der Waals surface area contributed by atoms with Crippen LogP contribution in [0, 0.1) is 6.92 Å². The maximum absolute atomic E-state index is 5.32. The predicted molar refractivity (Wildman–Crippen MR) is 60.6 cm³/mol. The molecule has 1 aromatic heterocycles. The second-order valence-corrected chi connectivity index (χ2v) is 3.88. The van der Waals surface area contributed by atoms with E-state index in [0.29, 0.717) is 5.95 Å². The molecular formula is C10H17N5. The zero-order valence-corrected chi connectivity index (χ0v) is 9.03. The number of rotatable bonds is 2. The Morgan fingerprint density at radius 1 is 1.27 bits per heavy atom. The minimum Gasteiger partial charge on any atom is -0.356 e. The summed E-state index contributed by atoms with van der Waals surface area (Å²) in [6.07, 6.45) is 3.81. The van der Waals surface area contributed by atoms with E-state index in [1.807, 2.05) is 13.0 Å². The topological polar surface area (TPSA) is 67.1 Å². The summed E-state index contributed by atoms with van der Waals surface area (Å²) in [6, 6.07) is 2.01. The van der Waals surface area contributed by atoms with Crippen LogP contribution in [0.4, 0.5) is 11.8 Å².